The number of carbonyl (C=O) groups excluding carboxylic acids is 17. The number of esters is 10. The monoisotopic (exact) mass is 1970 g/mol. The predicted molar refractivity (Wildman–Crippen MR) is 479 cm³/mol. The van der Waals surface area contributed by atoms with E-state index in [4.69, 9.17) is 90.0 Å². The van der Waals surface area contributed by atoms with E-state index >= 15 is 4.79 Å². The zero-order valence-electron chi connectivity index (χ0n) is 80.8. The maximum absolute atomic E-state index is 15.9. The summed E-state index contributed by atoms with van der Waals surface area (Å²) in [5.41, 5.74) is -0.0593. The predicted octanol–water partition coefficient (Wildman–Crippen LogP) is 3.38. The van der Waals surface area contributed by atoms with Crippen molar-refractivity contribution >= 4 is 107 Å². The fourth-order valence-electron chi connectivity index (χ4n) is 15.6. The third-order valence-corrected chi connectivity index (χ3v) is 21.5. The molecule has 0 spiro atoms. The van der Waals surface area contributed by atoms with Crippen LogP contribution in [0.3, 0.4) is 0 Å². The lowest BCUT2D eigenvalue weighted by molar-refractivity contribution is -0.277. The van der Waals surface area contributed by atoms with Crippen molar-refractivity contribution in [3.8, 4) is 11.5 Å². The van der Waals surface area contributed by atoms with Crippen LogP contribution in [0, 0.1) is 0 Å². The lowest BCUT2D eigenvalue weighted by Crippen LogP contribution is -2.66. The van der Waals surface area contributed by atoms with E-state index in [1.807, 2.05) is 0 Å². The number of amides is 7. The maximum atomic E-state index is 15.9. The van der Waals surface area contributed by atoms with E-state index in [-0.39, 0.29) is 136 Å². The molecule has 3 aliphatic rings. The van der Waals surface area contributed by atoms with Gasteiger partial charge in [0.1, 0.15) is 73.4 Å². The van der Waals surface area contributed by atoms with Gasteiger partial charge in [-0.3, -0.25) is 86.3 Å². The Kier molecular flexibility index (Phi) is 49.4. The Morgan fingerprint density at radius 1 is 0.374 bits per heavy atom. The van der Waals surface area contributed by atoms with E-state index in [2.05, 4.69) is 26.6 Å². The van der Waals surface area contributed by atoms with E-state index in [1.165, 1.54) is 44.8 Å². The summed E-state index contributed by atoms with van der Waals surface area (Å²) in [6.07, 6.45) is -18.6. The van der Waals surface area contributed by atoms with Crippen LogP contribution in [0.1, 0.15) is 190 Å². The number of carboxylic acids is 1. The number of hydrogen-bond acceptors (Lipinski definition) is 37. The molecule has 3 aromatic carbocycles. The molecular formula is C94H131N7O38. The first-order chi connectivity index (χ1) is 66.1. The number of methoxy groups -OCH3 is 2. The second-order valence-corrected chi connectivity index (χ2v) is 32.8. The summed E-state index contributed by atoms with van der Waals surface area (Å²) in [5, 5.41) is 23.4. The van der Waals surface area contributed by atoms with Crippen molar-refractivity contribution in [3.63, 3.8) is 0 Å². The van der Waals surface area contributed by atoms with Crippen LogP contribution >= 0.6 is 0 Å². The van der Waals surface area contributed by atoms with E-state index in [0.29, 0.717) is 28.2 Å². The summed E-state index contributed by atoms with van der Waals surface area (Å²) in [6.45, 7) is 10.4. The number of carboxylic acid groups (broad SMARTS) is 1. The third-order valence-electron chi connectivity index (χ3n) is 21.5. The molecule has 6 rings (SSSR count). The van der Waals surface area contributed by atoms with Gasteiger partial charge in [0.15, 0.2) is 55.5 Å². The highest BCUT2D eigenvalue weighted by Crippen LogP contribution is 2.43. The first kappa shape index (κ1) is 115. The van der Waals surface area contributed by atoms with Crippen molar-refractivity contribution in [1.29, 1.82) is 0 Å². The van der Waals surface area contributed by atoms with E-state index < -0.39 is 250 Å². The fraction of sp³-hybridized carbons (Fsp3) is 0.617. The van der Waals surface area contributed by atoms with Crippen molar-refractivity contribution in [2.24, 2.45) is 0 Å². The quantitative estimate of drug-likeness (QED) is 0.0204. The van der Waals surface area contributed by atoms with Crippen LogP contribution in [0.2, 0.25) is 0 Å². The second kappa shape index (κ2) is 59.7. The average molecular weight is 1970 g/mol. The first-order valence-corrected chi connectivity index (χ1v) is 45.7. The minimum Gasteiger partial charge on any atom is -0.497 e. The molecule has 0 saturated carbocycles. The highest BCUT2D eigenvalue weighted by atomic mass is 16.7. The van der Waals surface area contributed by atoms with Gasteiger partial charge in [-0.05, 0) is 98.7 Å². The highest BCUT2D eigenvalue weighted by Gasteiger charge is 2.55. The van der Waals surface area contributed by atoms with Crippen LogP contribution in [0.4, 0.5) is 0 Å². The number of unbranched alkanes of at least 4 members (excludes halogenated alkanes) is 3. The number of hydrogen-bond donors (Lipinski definition) is 6. The Bertz CT molecular complexity index is 4510. The molecule has 16 atom stereocenters. The summed E-state index contributed by atoms with van der Waals surface area (Å²) in [6, 6.07) is 18.9. The Hall–Kier alpha value is -12.6. The van der Waals surface area contributed by atoms with Crippen LogP contribution in [-0.2, 0) is 172 Å². The number of aliphatic carboxylic acids is 1. The van der Waals surface area contributed by atoms with Gasteiger partial charge in [0.25, 0.3) is 5.91 Å². The molecule has 139 heavy (non-hydrogen) atoms. The molecule has 3 fully saturated rings. The number of rotatable bonds is 58. The van der Waals surface area contributed by atoms with Gasteiger partial charge in [-0.15, -0.1) is 0 Å². The minimum absolute atomic E-state index is 0.00544. The Balaban J connectivity index is 1.30. The Morgan fingerprint density at radius 2 is 0.705 bits per heavy atom. The molecule has 0 aliphatic carbocycles. The highest BCUT2D eigenvalue weighted by molar-refractivity contribution is 5.85. The van der Waals surface area contributed by atoms with Crippen molar-refractivity contribution in [2.75, 3.05) is 99.7 Å². The van der Waals surface area contributed by atoms with Crippen molar-refractivity contribution in [1.82, 2.24) is 36.4 Å². The smallest absolute Gasteiger partial charge is 0.307 e. The van der Waals surface area contributed by atoms with Gasteiger partial charge >= 0.3 is 65.7 Å². The van der Waals surface area contributed by atoms with Crippen LogP contribution in [0.5, 0.6) is 11.5 Å². The zero-order valence-corrected chi connectivity index (χ0v) is 80.8. The molecule has 45 heteroatoms. The van der Waals surface area contributed by atoms with Gasteiger partial charge in [-0.2, -0.15) is 0 Å². The van der Waals surface area contributed by atoms with Gasteiger partial charge in [-0.1, -0.05) is 54.6 Å². The van der Waals surface area contributed by atoms with Gasteiger partial charge in [0.05, 0.1) is 33.7 Å². The normalized spacial score (nSPS) is 21.1. The van der Waals surface area contributed by atoms with Crippen molar-refractivity contribution in [3.05, 3.63) is 95.6 Å². The number of carbonyl (C=O) groups is 18. The van der Waals surface area contributed by atoms with E-state index in [9.17, 15) is 86.6 Å². The lowest BCUT2D eigenvalue weighted by Gasteiger charge is -2.44. The molecule has 6 N–H and O–H groups in total. The van der Waals surface area contributed by atoms with Crippen LogP contribution in [0.15, 0.2) is 78.9 Å². The Labute approximate surface area is 804 Å². The van der Waals surface area contributed by atoms with Gasteiger partial charge < -0.3 is 131 Å². The molecule has 7 unspecified atom stereocenters. The molecule has 0 aromatic heterocycles. The molecule has 0 radical (unpaired) electrons. The summed E-state index contributed by atoms with van der Waals surface area (Å²) >= 11 is 0. The topological polar surface area (TPSA) is 569 Å². The summed E-state index contributed by atoms with van der Waals surface area (Å²) < 4.78 is 110. The number of nitrogens with one attached hydrogen (secondary N) is 5. The maximum Gasteiger partial charge on any atom is 0.307 e. The molecular weight excluding hydrogens is 1840 g/mol. The fourth-order valence-corrected chi connectivity index (χ4v) is 15.6. The molecule has 0 bridgehead atoms. The summed E-state index contributed by atoms with van der Waals surface area (Å²) in [5.74, 6) is -12.5. The largest absolute Gasteiger partial charge is 0.497 e. The number of benzene rings is 3. The zero-order chi connectivity index (χ0) is 102. The molecule has 3 aromatic rings. The van der Waals surface area contributed by atoms with Crippen molar-refractivity contribution in [2.45, 2.75) is 277 Å². The van der Waals surface area contributed by atoms with Crippen molar-refractivity contribution < 1.29 is 181 Å². The van der Waals surface area contributed by atoms with Crippen LogP contribution < -0.4 is 36.1 Å². The third kappa shape index (κ3) is 39.7. The standard InChI is InChI=1S/C94H131N7O38/c1-55(102)97-81-87(133-64(10)111)84(130-61(7)108)72(51-126-58(4)105)137-91(81)123-48-21-18-29-76(114)95-42-24-44-100(78(116)31-20-23-50-125-93-83(99-57(3)104)89(135-66(12)113)86(132-63(9)110)74(139-93)53-128-60(6)107)46-26-47-101(45-25-43-96-77(115)30-19-22-49-124-92-82(98-56(2)103)88(134-65(11)112)85(131-62(8)109)73(138-92)52-127-59(5)106)90(120)75(136-80(119)41-40-79(117)118)54-129-94(67-27-16-15-17-28-67,68-32-36-70(121-13)37-33-68)69-34-38-71(122-14)39-35-69/h15-17,27-28,32-39,72-75,81-89,91-93H,18-26,29-31,40-54H2,1-14H3,(H,95,114)(H,96,115)(H,97,102)(H,98,103)(H,99,104)(H,117,118)/t72?,73?,74?,75?,81?,82?,83?,84-,85-,86-,87+,88+,89+,91+,92+,93+/m0/s1. The van der Waals surface area contributed by atoms with Gasteiger partial charge in [-0.25, -0.2) is 0 Å². The Morgan fingerprint density at radius 3 is 1.04 bits per heavy atom. The van der Waals surface area contributed by atoms with E-state index in [0.717, 1.165) is 62.3 Å². The molecule has 3 saturated heterocycles. The molecule has 45 nitrogen and oxygen atoms in total. The first-order valence-electron chi connectivity index (χ1n) is 45.7. The number of ether oxygens (including phenoxy) is 19. The molecule has 3 heterocycles. The summed E-state index contributed by atoms with van der Waals surface area (Å²) in [7, 11) is 2.98. The van der Waals surface area contributed by atoms with Crippen LogP contribution in [-0.4, -0.2) is 320 Å². The summed E-state index contributed by atoms with van der Waals surface area (Å²) in [4.78, 5) is 236. The molecule has 3 aliphatic heterocycles. The molecule has 7 amide bonds. The van der Waals surface area contributed by atoms with E-state index in [1.54, 1.807) is 78.9 Å². The minimum atomic E-state index is -1.84. The van der Waals surface area contributed by atoms with Gasteiger partial charge in [0.2, 0.25) is 41.5 Å². The van der Waals surface area contributed by atoms with Crippen LogP contribution in [0.25, 0.3) is 0 Å². The molecule has 770 valence electrons. The number of nitrogens with zero attached hydrogens (tertiary/aromatic N) is 2. The lowest BCUT2D eigenvalue weighted by atomic mass is 9.80. The average Bonchev–Trinajstić information content (AvgIpc) is 0.746. The van der Waals surface area contributed by atoms with Gasteiger partial charge in [0, 0.05) is 161 Å². The SMILES string of the molecule is COc1ccc(C(OCC(OC(=O)CCC(=O)O)C(=O)N(CCCNC(=O)CCCCO[C@@H]2OC(COC(C)=O)[C@H](OC(C)=O)[C@H](OC(C)=O)C2NC(C)=O)CCCN(CCCNC(=O)CCCCO[C@@H]2OC(COC(C)=O)[C@H](OC(C)=O)[C@H](OC(C)=O)C2NC(C)=O)C(=O)CCCCO[C@@H]2OC(COC(C)=O)[C@H](OC(C)=O)[C@H](OC(C)=O)C2NC(C)=O)(c2ccccc2)c2ccc(OC)cc2)cc1. The second-order valence-electron chi connectivity index (χ2n) is 32.8.